The average Bonchev–Trinajstić information content (AvgIpc) is 2.18. The van der Waals surface area contributed by atoms with E-state index in [9.17, 15) is 0 Å². The van der Waals surface area contributed by atoms with Gasteiger partial charge in [-0.15, -0.1) is 0 Å². The summed E-state index contributed by atoms with van der Waals surface area (Å²) in [4.78, 5) is 2.47. The Morgan fingerprint density at radius 1 is 1.50 bits per heavy atom. The molecule has 2 N–H and O–H groups in total. The third kappa shape index (κ3) is 3.80. The van der Waals surface area contributed by atoms with Gasteiger partial charge in [0.1, 0.15) is 0 Å². The van der Waals surface area contributed by atoms with Gasteiger partial charge in [-0.1, -0.05) is 6.92 Å². The second kappa shape index (κ2) is 6.19. The van der Waals surface area contributed by atoms with Crippen LogP contribution in [0.4, 0.5) is 0 Å². The van der Waals surface area contributed by atoms with Crippen LogP contribution in [0.25, 0.3) is 0 Å². The molecule has 1 aliphatic heterocycles. The molecule has 0 aromatic heterocycles. The second-order valence-corrected chi connectivity index (χ2v) is 4.14. The molecule has 0 spiro atoms. The van der Waals surface area contributed by atoms with E-state index in [1.54, 1.807) is 0 Å². The highest BCUT2D eigenvalue weighted by atomic mass is 32.1. The Morgan fingerprint density at radius 3 is 2.93 bits per heavy atom. The van der Waals surface area contributed by atoms with Gasteiger partial charge in [-0.3, -0.25) is 0 Å². The molecular weight excluding hydrogens is 194 g/mol. The van der Waals surface area contributed by atoms with E-state index in [0.29, 0.717) is 6.04 Å². The fourth-order valence-corrected chi connectivity index (χ4v) is 2.17. The molecule has 0 saturated carbocycles. The van der Waals surface area contributed by atoms with Gasteiger partial charge in [-0.25, -0.2) is 0 Å². The second-order valence-electron chi connectivity index (χ2n) is 3.74. The summed E-state index contributed by atoms with van der Waals surface area (Å²) in [6.07, 6.45) is 2.52. The normalized spacial score (nSPS) is 23.1. The van der Waals surface area contributed by atoms with Gasteiger partial charge in [0.25, 0.3) is 0 Å². The van der Waals surface area contributed by atoms with E-state index in [-0.39, 0.29) is 0 Å². The molecule has 1 unspecified atom stereocenters. The SMILES string of the molecule is CCNC(=S)NC1CCCN(CC)C1. The Hall–Kier alpha value is -0.350. The van der Waals surface area contributed by atoms with Gasteiger partial charge in [0, 0.05) is 19.1 Å². The first-order valence-electron chi connectivity index (χ1n) is 5.53. The molecule has 1 heterocycles. The molecule has 0 aromatic rings. The summed E-state index contributed by atoms with van der Waals surface area (Å²) >= 11 is 5.17. The largest absolute Gasteiger partial charge is 0.363 e. The highest BCUT2D eigenvalue weighted by molar-refractivity contribution is 7.80. The van der Waals surface area contributed by atoms with E-state index in [2.05, 4.69) is 29.4 Å². The number of hydrogen-bond acceptors (Lipinski definition) is 2. The molecule has 1 aliphatic rings. The van der Waals surface area contributed by atoms with E-state index < -0.39 is 0 Å². The molecule has 1 fully saturated rings. The summed E-state index contributed by atoms with van der Waals surface area (Å²) in [6.45, 7) is 8.69. The van der Waals surface area contributed by atoms with Crippen molar-refractivity contribution in [2.45, 2.75) is 32.7 Å². The van der Waals surface area contributed by atoms with Crippen molar-refractivity contribution in [3.8, 4) is 0 Å². The molecule has 1 saturated heterocycles. The molecule has 0 radical (unpaired) electrons. The number of hydrogen-bond donors (Lipinski definition) is 2. The minimum atomic E-state index is 0.537. The predicted molar refractivity (Wildman–Crippen MR) is 64.5 cm³/mol. The summed E-state index contributed by atoms with van der Waals surface area (Å²) in [6, 6.07) is 0.537. The molecule has 14 heavy (non-hydrogen) atoms. The van der Waals surface area contributed by atoms with Crippen LogP contribution < -0.4 is 10.6 Å². The Labute approximate surface area is 92.2 Å². The Morgan fingerprint density at radius 2 is 2.29 bits per heavy atom. The van der Waals surface area contributed by atoms with Crippen molar-refractivity contribution >= 4 is 17.3 Å². The molecule has 4 heteroatoms. The first-order chi connectivity index (χ1) is 6.76. The number of rotatable bonds is 3. The zero-order chi connectivity index (χ0) is 10.4. The summed E-state index contributed by atoms with van der Waals surface area (Å²) in [5.41, 5.74) is 0. The minimum Gasteiger partial charge on any atom is -0.363 e. The predicted octanol–water partition coefficient (Wildman–Crippen LogP) is 0.955. The minimum absolute atomic E-state index is 0.537. The fourth-order valence-electron chi connectivity index (χ4n) is 1.86. The van der Waals surface area contributed by atoms with Crippen molar-refractivity contribution < 1.29 is 0 Å². The van der Waals surface area contributed by atoms with Gasteiger partial charge >= 0.3 is 0 Å². The first kappa shape index (κ1) is 11.7. The highest BCUT2D eigenvalue weighted by Gasteiger charge is 2.18. The lowest BCUT2D eigenvalue weighted by Crippen LogP contribution is -2.50. The molecule has 1 atom stereocenters. The van der Waals surface area contributed by atoms with Crippen LogP contribution in [0, 0.1) is 0 Å². The van der Waals surface area contributed by atoms with Crippen LogP contribution in [0.2, 0.25) is 0 Å². The van der Waals surface area contributed by atoms with Gasteiger partial charge < -0.3 is 15.5 Å². The van der Waals surface area contributed by atoms with Crippen molar-refractivity contribution in [1.29, 1.82) is 0 Å². The van der Waals surface area contributed by atoms with E-state index in [1.165, 1.54) is 19.4 Å². The fraction of sp³-hybridized carbons (Fsp3) is 0.900. The van der Waals surface area contributed by atoms with Crippen molar-refractivity contribution in [1.82, 2.24) is 15.5 Å². The third-order valence-corrected chi connectivity index (χ3v) is 2.89. The molecule has 0 aliphatic carbocycles. The van der Waals surface area contributed by atoms with Crippen molar-refractivity contribution in [2.24, 2.45) is 0 Å². The summed E-state index contributed by atoms with van der Waals surface area (Å²) in [5.74, 6) is 0. The molecule has 0 bridgehead atoms. The maximum absolute atomic E-state index is 5.17. The van der Waals surface area contributed by atoms with E-state index in [0.717, 1.165) is 24.7 Å². The molecule has 82 valence electrons. The van der Waals surface area contributed by atoms with Gasteiger partial charge in [0.2, 0.25) is 0 Å². The smallest absolute Gasteiger partial charge is 0.166 e. The topological polar surface area (TPSA) is 27.3 Å². The van der Waals surface area contributed by atoms with Crippen LogP contribution in [0.1, 0.15) is 26.7 Å². The third-order valence-electron chi connectivity index (χ3n) is 2.63. The molecule has 3 nitrogen and oxygen atoms in total. The van der Waals surface area contributed by atoms with Crippen LogP contribution in [-0.2, 0) is 0 Å². The van der Waals surface area contributed by atoms with Crippen LogP contribution >= 0.6 is 12.2 Å². The summed E-state index contributed by atoms with van der Waals surface area (Å²) in [5, 5.41) is 7.29. The van der Waals surface area contributed by atoms with Crippen LogP contribution in [0.15, 0.2) is 0 Å². The molecule has 1 rings (SSSR count). The van der Waals surface area contributed by atoms with Crippen LogP contribution in [-0.4, -0.2) is 42.2 Å². The highest BCUT2D eigenvalue weighted by Crippen LogP contribution is 2.09. The maximum Gasteiger partial charge on any atom is 0.166 e. The number of nitrogens with zero attached hydrogens (tertiary/aromatic N) is 1. The molecule has 0 aromatic carbocycles. The lowest BCUT2D eigenvalue weighted by molar-refractivity contribution is 0.210. The van der Waals surface area contributed by atoms with Crippen LogP contribution in [0.5, 0.6) is 0 Å². The number of likely N-dealkylation sites (tertiary alicyclic amines) is 1. The maximum atomic E-state index is 5.17. The number of nitrogens with one attached hydrogen (secondary N) is 2. The van der Waals surface area contributed by atoms with Gasteiger partial charge in [-0.05, 0) is 45.1 Å². The van der Waals surface area contributed by atoms with E-state index >= 15 is 0 Å². The monoisotopic (exact) mass is 215 g/mol. The van der Waals surface area contributed by atoms with E-state index in [4.69, 9.17) is 12.2 Å². The summed E-state index contributed by atoms with van der Waals surface area (Å²) < 4.78 is 0. The lowest BCUT2D eigenvalue weighted by atomic mass is 10.1. The zero-order valence-electron chi connectivity index (χ0n) is 9.18. The van der Waals surface area contributed by atoms with Crippen molar-refractivity contribution in [3.63, 3.8) is 0 Å². The van der Waals surface area contributed by atoms with Gasteiger partial charge in [0.15, 0.2) is 5.11 Å². The lowest BCUT2D eigenvalue weighted by Gasteiger charge is -2.32. The molecular formula is C10H21N3S. The number of piperidine rings is 1. The Bertz CT molecular complexity index is 184. The quantitative estimate of drug-likeness (QED) is 0.686. The van der Waals surface area contributed by atoms with E-state index in [1.807, 2.05) is 0 Å². The van der Waals surface area contributed by atoms with Gasteiger partial charge in [-0.2, -0.15) is 0 Å². The van der Waals surface area contributed by atoms with Crippen molar-refractivity contribution in [3.05, 3.63) is 0 Å². The van der Waals surface area contributed by atoms with Crippen molar-refractivity contribution in [2.75, 3.05) is 26.2 Å². The Kier molecular flexibility index (Phi) is 5.19. The first-order valence-corrected chi connectivity index (χ1v) is 5.93. The van der Waals surface area contributed by atoms with Gasteiger partial charge in [0.05, 0.1) is 0 Å². The molecule has 0 amide bonds. The average molecular weight is 215 g/mol. The summed E-state index contributed by atoms with van der Waals surface area (Å²) in [7, 11) is 0. The zero-order valence-corrected chi connectivity index (χ0v) is 9.99. The number of likely N-dealkylation sites (N-methyl/N-ethyl adjacent to an activating group) is 1. The Balaban J connectivity index is 2.26. The van der Waals surface area contributed by atoms with Crippen LogP contribution in [0.3, 0.4) is 0 Å². The number of thiocarbonyl (C=S) groups is 1. The standard InChI is InChI=1S/C10H21N3S/c1-3-11-10(14)12-9-6-5-7-13(4-2)8-9/h9H,3-8H2,1-2H3,(H2,11,12,14).